The number of nitrogens with zero attached hydrogens (tertiary/aromatic N) is 1. The molecule has 1 aliphatic rings. The van der Waals surface area contributed by atoms with Crippen molar-refractivity contribution in [3.05, 3.63) is 48.0 Å². The van der Waals surface area contributed by atoms with E-state index in [1.165, 1.54) is 37.7 Å². The van der Waals surface area contributed by atoms with Crippen LogP contribution in [0.2, 0.25) is 0 Å². The summed E-state index contributed by atoms with van der Waals surface area (Å²) in [6, 6.07) is 11.4. The van der Waals surface area contributed by atoms with Crippen molar-refractivity contribution < 1.29 is 9.53 Å². The van der Waals surface area contributed by atoms with Gasteiger partial charge in [-0.25, -0.2) is 4.79 Å². The molecule has 25 heavy (non-hydrogen) atoms. The summed E-state index contributed by atoms with van der Waals surface area (Å²) in [6.45, 7) is 2.29. The number of aryl methyl sites for hydroxylation is 1. The summed E-state index contributed by atoms with van der Waals surface area (Å²) in [6.07, 6.45) is 10.9. The van der Waals surface area contributed by atoms with Crippen LogP contribution in [0.1, 0.15) is 44.6 Å². The van der Waals surface area contributed by atoms with E-state index in [2.05, 4.69) is 55.4 Å². The number of allylic oxidation sites excluding steroid dienone is 1. The molecule has 138 valence electrons. The zero-order chi connectivity index (χ0) is 18.1. The Labute approximate surface area is 153 Å². The molecule has 1 fully saturated rings. The second-order valence-corrected chi connectivity index (χ2v) is 7.34. The number of ether oxygens (including phenoxy) is 1. The van der Waals surface area contributed by atoms with Crippen molar-refractivity contribution in [1.82, 2.24) is 4.90 Å². The quantitative estimate of drug-likeness (QED) is 0.515. The standard InChI is InChI=1S/C22H33NO2/c1-4-25-22(24)17-13-19-10-14-20(15-11-19)21(23(2)3)16-12-18-8-6-5-7-9-18/h5-9,13,17,19-21H,4,10-12,14-16H2,1-3H3. The van der Waals surface area contributed by atoms with Gasteiger partial charge in [-0.3, -0.25) is 0 Å². The van der Waals surface area contributed by atoms with Crippen molar-refractivity contribution in [3.63, 3.8) is 0 Å². The van der Waals surface area contributed by atoms with E-state index in [9.17, 15) is 4.79 Å². The molecular weight excluding hydrogens is 310 g/mol. The van der Waals surface area contributed by atoms with Crippen molar-refractivity contribution in [3.8, 4) is 0 Å². The lowest BCUT2D eigenvalue weighted by molar-refractivity contribution is -0.137. The van der Waals surface area contributed by atoms with Gasteiger partial charge in [-0.2, -0.15) is 0 Å². The van der Waals surface area contributed by atoms with Crippen LogP contribution in [-0.2, 0) is 16.0 Å². The van der Waals surface area contributed by atoms with Gasteiger partial charge in [0.1, 0.15) is 0 Å². The van der Waals surface area contributed by atoms with E-state index in [1.54, 1.807) is 6.08 Å². The van der Waals surface area contributed by atoms with Crippen molar-refractivity contribution in [2.45, 2.75) is 51.5 Å². The van der Waals surface area contributed by atoms with Crippen LogP contribution in [0.5, 0.6) is 0 Å². The van der Waals surface area contributed by atoms with Crippen LogP contribution in [0.4, 0.5) is 0 Å². The Bertz CT molecular complexity index is 530. The fraction of sp³-hybridized carbons (Fsp3) is 0.591. The van der Waals surface area contributed by atoms with Crippen LogP contribution < -0.4 is 0 Å². The summed E-state index contributed by atoms with van der Waals surface area (Å²) in [7, 11) is 4.42. The maximum Gasteiger partial charge on any atom is 0.330 e. The third-order valence-corrected chi connectivity index (χ3v) is 5.39. The maximum absolute atomic E-state index is 11.5. The lowest BCUT2D eigenvalue weighted by atomic mass is 9.76. The number of benzene rings is 1. The molecule has 3 heteroatoms. The lowest BCUT2D eigenvalue weighted by Gasteiger charge is -2.37. The van der Waals surface area contributed by atoms with E-state index < -0.39 is 0 Å². The highest BCUT2D eigenvalue weighted by Crippen LogP contribution is 2.34. The molecule has 1 aromatic rings. The van der Waals surface area contributed by atoms with Gasteiger partial charge in [-0.15, -0.1) is 0 Å². The number of carbonyl (C=O) groups excluding carboxylic acids is 1. The van der Waals surface area contributed by atoms with E-state index in [1.807, 2.05) is 6.92 Å². The number of carbonyl (C=O) groups is 1. The molecule has 0 saturated heterocycles. The van der Waals surface area contributed by atoms with Gasteiger partial charge in [0.25, 0.3) is 0 Å². The first-order chi connectivity index (χ1) is 12.1. The van der Waals surface area contributed by atoms with Crippen molar-refractivity contribution >= 4 is 5.97 Å². The molecule has 3 nitrogen and oxygen atoms in total. The highest BCUT2D eigenvalue weighted by molar-refractivity contribution is 5.81. The minimum absolute atomic E-state index is 0.210. The van der Waals surface area contributed by atoms with Gasteiger partial charge in [0.05, 0.1) is 6.61 Å². The second-order valence-electron chi connectivity index (χ2n) is 7.34. The van der Waals surface area contributed by atoms with Gasteiger partial charge in [-0.05, 0) is 76.9 Å². The van der Waals surface area contributed by atoms with E-state index in [0.717, 1.165) is 12.3 Å². The molecule has 0 amide bonds. The van der Waals surface area contributed by atoms with Crippen molar-refractivity contribution in [2.75, 3.05) is 20.7 Å². The summed E-state index contributed by atoms with van der Waals surface area (Å²) < 4.78 is 4.97. The molecule has 0 spiro atoms. The molecule has 0 aromatic heterocycles. The predicted molar refractivity (Wildman–Crippen MR) is 103 cm³/mol. The van der Waals surface area contributed by atoms with Crippen LogP contribution in [0.3, 0.4) is 0 Å². The molecule has 0 heterocycles. The molecular formula is C22H33NO2. The molecule has 0 N–H and O–H groups in total. The Morgan fingerprint density at radius 2 is 1.88 bits per heavy atom. The molecule has 1 atom stereocenters. The largest absolute Gasteiger partial charge is 0.463 e. The third-order valence-electron chi connectivity index (χ3n) is 5.39. The first kappa shape index (κ1) is 19.7. The van der Waals surface area contributed by atoms with Crippen LogP contribution in [0.15, 0.2) is 42.5 Å². The van der Waals surface area contributed by atoms with Gasteiger partial charge < -0.3 is 9.64 Å². The smallest absolute Gasteiger partial charge is 0.330 e. The van der Waals surface area contributed by atoms with E-state index in [4.69, 9.17) is 4.74 Å². The lowest BCUT2D eigenvalue weighted by Crippen LogP contribution is -2.37. The Hall–Kier alpha value is -1.61. The molecule has 2 rings (SSSR count). The summed E-state index contributed by atoms with van der Waals surface area (Å²) in [5.41, 5.74) is 1.43. The number of esters is 1. The normalized spacial score (nSPS) is 22.2. The summed E-state index contributed by atoms with van der Waals surface area (Å²) >= 11 is 0. The molecule has 0 aliphatic heterocycles. The Morgan fingerprint density at radius 1 is 1.20 bits per heavy atom. The van der Waals surface area contributed by atoms with E-state index in [0.29, 0.717) is 18.6 Å². The second kappa shape index (κ2) is 10.4. The zero-order valence-corrected chi connectivity index (χ0v) is 16.0. The van der Waals surface area contributed by atoms with Crippen LogP contribution in [0.25, 0.3) is 0 Å². The monoisotopic (exact) mass is 343 g/mol. The van der Waals surface area contributed by atoms with E-state index >= 15 is 0 Å². The Balaban J connectivity index is 1.82. The molecule has 0 bridgehead atoms. The maximum atomic E-state index is 11.5. The van der Waals surface area contributed by atoms with E-state index in [-0.39, 0.29) is 5.97 Å². The van der Waals surface area contributed by atoms with Gasteiger partial charge in [0.15, 0.2) is 0 Å². The van der Waals surface area contributed by atoms with Crippen LogP contribution in [0, 0.1) is 11.8 Å². The Morgan fingerprint density at radius 3 is 2.48 bits per heavy atom. The molecule has 0 radical (unpaired) electrons. The first-order valence-electron chi connectivity index (χ1n) is 9.65. The molecule has 1 unspecified atom stereocenters. The van der Waals surface area contributed by atoms with Gasteiger partial charge in [0, 0.05) is 12.1 Å². The van der Waals surface area contributed by atoms with Crippen LogP contribution in [-0.4, -0.2) is 37.6 Å². The molecule has 1 aliphatic carbocycles. The zero-order valence-electron chi connectivity index (χ0n) is 16.0. The summed E-state index contributed by atoms with van der Waals surface area (Å²) in [4.78, 5) is 13.9. The minimum atomic E-state index is -0.210. The fourth-order valence-electron chi connectivity index (χ4n) is 4.00. The third kappa shape index (κ3) is 6.66. The topological polar surface area (TPSA) is 29.5 Å². The predicted octanol–water partition coefficient (Wildman–Crippen LogP) is 4.48. The van der Waals surface area contributed by atoms with Crippen molar-refractivity contribution in [2.24, 2.45) is 11.8 Å². The Kier molecular flexibility index (Phi) is 8.20. The minimum Gasteiger partial charge on any atom is -0.463 e. The van der Waals surface area contributed by atoms with Gasteiger partial charge in [-0.1, -0.05) is 36.4 Å². The molecule has 1 saturated carbocycles. The number of hydrogen-bond acceptors (Lipinski definition) is 3. The van der Waals surface area contributed by atoms with Gasteiger partial charge in [0.2, 0.25) is 0 Å². The van der Waals surface area contributed by atoms with Gasteiger partial charge >= 0.3 is 5.97 Å². The summed E-state index contributed by atoms with van der Waals surface area (Å²) in [5, 5.41) is 0. The highest BCUT2D eigenvalue weighted by atomic mass is 16.5. The highest BCUT2D eigenvalue weighted by Gasteiger charge is 2.27. The first-order valence-corrected chi connectivity index (χ1v) is 9.65. The SMILES string of the molecule is CCOC(=O)C=CC1CCC(C(CCc2ccccc2)N(C)C)CC1. The number of hydrogen-bond donors (Lipinski definition) is 0. The average molecular weight is 344 g/mol. The summed E-state index contributed by atoms with van der Waals surface area (Å²) in [5.74, 6) is 1.07. The van der Waals surface area contributed by atoms with Crippen LogP contribution >= 0.6 is 0 Å². The fourth-order valence-corrected chi connectivity index (χ4v) is 4.00. The average Bonchev–Trinajstić information content (AvgIpc) is 2.62. The number of rotatable bonds is 8. The van der Waals surface area contributed by atoms with Crippen molar-refractivity contribution in [1.29, 1.82) is 0 Å². The molecule has 1 aromatic carbocycles.